The lowest BCUT2D eigenvalue weighted by molar-refractivity contribution is -0.137. The van der Waals surface area contributed by atoms with Crippen LogP contribution in [0, 0.1) is 11.3 Å². The van der Waals surface area contributed by atoms with Crippen molar-refractivity contribution in [3.8, 4) is 23.5 Å². The van der Waals surface area contributed by atoms with Crippen molar-refractivity contribution >= 4 is 10.0 Å². The van der Waals surface area contributed by atoms with E-state index in [4.69, 9.17) is 10.00 Å². The van der Waals surface area contributed by atoms with Gasteiger partial charge in [0.2, 0.25) is 21.8 Å². The van der Waals surface area contributed by atoms with Gasteiger partial charge in [-0.3, -0.25) is 4.57 Å². The Kier molecular flexibility index (Phi) is 5.60. The van der Waals surface area contributed by atoms with E-state index in [0.29, 0.717) is 18.9 Å². The number of nitriles is 1. The first-order chi connectivity index (χ1) is 17.3. The Morgan fingerprint density at radius 2 is 1.78 bits per heavy atom. The number of benzene rings is 2. The Bertz CT molecular complexity index is 1550. The molecule has 2 aliphatic heterocycles. The number of ether oxygens (including phenoxy) is 1. The van der Waals surface area contributed by atoms with E-state index in [-0.39, 0.29) is 34.7 Å². The van der Waals surface area contributed by atoms with Crippen LogP contribution in [-0.2, 0) is 32.1 Å². The van der Waals surface area contributed by atoms with Gasteiger partial charge in [0.1, 0.15) is 5.60 Å². The first-order valence-electron chi connectivity index (χ1n) is 11.4. The van der Waals surface area contributed by atoms with Gasteiger partial charge in [-0.1, -0.05) is 18.2 Å². The number of sulfonamides is 1. The minimum Gasteiger partial charge on any atom is -0.494 e. The topological polar surface area (TPSA) is 125 Å². The van der Waals surface area contributed by atoms with Crippen LogP contribution >= 0.6 is 0 Å². The first kappa shape index (κ1) is 25.1. The van der Waals surface area contributed by atoms with Crippen molar-refractivity contribution < 1.29 is 36.5 Å². The highest BCUT2D eigenvalue weighted by atomic mass is 32.2. The molecule has 0 saturated carbocycles. The van der Waals surface area contributed by atoms with Gasteiger partial charge in [-0.25, -0.2) is 13.1 Å². The standard InChI is InChI=1S/C25H22F3N3O5S/c1-23-9-10-24(36-23,11-12-30-37(34,35)17-5-3-2-4-6-17)20-19(23)21(32)31(22(20)33)16-8-7-15(14-29)18(13-16)25(26,27)28/h2-8,13,30,32-33H,9-12H2,1H3. The summed E-state index contributed by atoms with van der Waals surface area (Å²) in [6.45, 7) is 1.66. The summed E-state index contributed by atoms with van der Waals surface area (Å²) in [7, 11) is -3.80. The summed E-state index contributed by atoms with van der Waals surface area (Å²) in [4.78, 5) is 0.0877. The fraction of sp³-hybridized carbons (Fsp3) is 0.320. The van der Waals surface area contributed by atoms with Gasteiger partial charge in [0.25, 0.3) is 0 Å². The maximum absolute atomic E-state index is 13.5. The summed E-state index contributed by atoms with van der Waals surface area (Å²) in [5.74, 6) is -0.973. The van der Waals surface area contributed by atoms with Crippen LogP contribution in [0.2, 0.25) is 0 Å². The fourth-order valence-electron chi connectivity index (χ4n) is 5.43. The number of hydrogen-bond acceptors (Lipinski definition) is 6. The Balaban J connectivity index is 1.52. The molecule has 0 aliphatic carbocycles. The maximum Gasteiger partial charge on any atom is 0.417 e. The number of alkyl halides is 3. The predicted molar refractivity (Wildman–Crippen MR) is 124 cm³/mol. The second-order valence-corrected chi connectivity index (χ2v) is 11.1. The molecule has 5 rings (SSSR count). The molecule has 3 N–H and O–H groups in total. The van der Waals surface area contributed by atoms with E-state index in [2.05, 4.69) is 4.72 Å². The minimum absolute atomic E-state index is 0.0484. The molecule has 194 valence electrons. The smallest absolute Gasteiger partial charge is 0.417 e. The van der Waals surface area contributed by atoms with Crippen molar-refractivity contribution in [2.24, 2.45) is 0 Å². The predicted octanol–water partition coefficient (Wildman–Crippen LogP) is 4.38. The molecule has 2 bridgehead atoms. The SMILES string of the molecule is CC12CCC(CCNS(=O)(=O)c3ccccc3)(O1)c1c2c(O)n(-c2ccc(C#N)c(C(F)(F)F)c2)c1O. The zero-order valence-electron chi connectivity index (χ0n) is 19.5. The molecular formula is C25H22F3N3O5S. The molecule has 2 unspecified atom stereocenters. The largest absolute Gasteiger partial charge is 0.494 e. The number of fused-ring (bicyclic) bond motifs is 5. The Morgan fingerprint density at radius 3 is 2.43 bits per heavy atom. The normalized spacial score (nSPS) is 22.7. The van der Waals surface area contributed by atoms with Gasteiger partial charge in [-0.15, -0.1) is 0 Å². The van der Waals surface area contributed by atoms with E-state index in [0.717, 1.165) is 10.6 Å². The monoisotopic (exact) mass is 533 g/mol. The summed E-state index contributed by atoms with van der Waals surface area (Å²) in [5.41, 5.74) is -3.69. The van der Waals surface area contributed by atoms with Crippen molar-refractivity contribution in [3.63, 3.8) is 0 Å². The summed E-state index contributed by atoms with van der Waals surface area (Å²) < 4.78 is 75.6. The van der Waals surface area contributed by atoms with E-state index in [1.807, 2.05) is 0 Å². The van der Waals surface area contributed by atoms with Crippen LogP contribution in [0.4, 0.5) is 13.2 Å². The molecule has 12 heteroatoms. The highest BCUT2D eigenvalue weighted by Gasteiger charge is 2.61. The molecular weight excluding hydrogens is 511 g/mol. The van der Waals surface area contributed by atoms with E-state index in [1.54, 1.807) is 25.1 Å². The number of rotatable bonds is 6. The number of halogens is 3. The second-order valence-electron chi connectivity index (χ2n) is 9.36. The van der Waals surface area contributed by atoms with Crippen LogP contribution in [0.1, 0.15) is 48.4 Å². The van der Waals surface area contributed by atoms with E-state index >= 15 is 0 Å². The third kappa shape index (κ3) is 3.85. The Morgan fingerprint density at radius 1 is 1.11 bits per heavy atom. The first-order valence-corrected chi connectivity index (χ1v) is 12.9. The van der Waals surface area contributed by atoms with Gasteiger partial charge in [0, 0.05) is 6.54 Å². The minimum atomic E-state index is -4.83. The third-order valence-corrected chi connectivity index (χ3v) is 8.57. The zero-order chi connectivity index (χ0) is 26.8. The van der Waals surface area contributed by atoms with Crippen molar-refractivity contribution in [2.45, 2.75) is 48.5 Å². The summed E-state index contributed by atoms with van der Waals surface area (Å²) in [6, 6.07) is 12.2. The molecule has 3 heterocycles. The quantitative estimate of drug-likeness (QED) is 0.432. The zero-order valence-corrected chi connectivity index (χ0v) is 20.3. The molecule has 37 heavy (non-hydrogen) atoms. The van der Waals surface area contributed by atoms with E-state index < -0.39 is 50.3 Å². The molecule has 8 nitrogen and oxygen atoms in total. The van der Waals surface area contributed by atoms with Gasteiger partial charge in [0.05, 0.1) is 44.5 Å². The van der Waals surface area contributed by atoms with E-state index in [9.17, 15) is 31.8 Å². The van der Waals surface area contributed by atoms with Gasteiger partial charge >= 0.3 is 6.18 Å². The highest BCUT2D eigenvalue weighted by Crippen LogP contribution is 2.65. The van der Waals surface area contributed by atoms with E-state index in [1.165, 1.54) is 24.3 Å². The number of aromatic nitrogens is 1. The summed E-state index contributed by atoms with van der Waals surface area (Å²) in [6.07, 6.45) is -3.86. The van der Waals surface area contributed by atoms with Crippen LogP contribution < -0.4 is 4.72 Å². The van der Waals surface area contributed by atoms with Crippen molar-refractivity contribution in [3.05, 3.63) is 70.8 Å². The average Bonchev–Trinajstić information content (AvgIpc) is 3.43. The number of hydrogen-bond donors (Lipinski definition) is 3. The maximum atomic E-state index is 13.5. The summed E-state index contributed by atoms with van der Waals surface area (Å²) >= 11 is 0. The molecule has 0 amide bonds. The molecule has 3 aromatic rings. The van der Waals surface area contributed by atoms with Crippen LogP contribution in [0.25, 0.3) is 5.69 Å². The van der Waals surface area contributed by atoms with Crippen LogP contribution in [0.3, 0.4) is 0 Å². The average molecular weight is 534 g/mol. The fourth-order valence-corrected chi connectivity index (χ4v) is 6.48. The lowest BCUT2D eigenvalue weighted by atomic mass is 9.78. The Labute approximate surface area is 210 Å². The number of nitrogens with zero attached hydrogens (tertiary/aromatic N) is 2. The molecule has 0 radical (unpaired) electrons. The second kappa shape index (κ2) is 8.24. The number of nitrogens with one attached hydrogen (secondary N) is 1. The Hall–Kier alpha value is -3.53. The van der Waals surface area contributed by atoms with Crippen LogP contribution in [0.15, 0.2) is 53.4 Å². The highest BCUT2D eigenvalue weighted by molar-refractivity contribution is 7.89. The summed E-state index contributed by atoms with van der Waals surface area (Å²) in [5, 5.41) is 31.3. The molecule has 2 atom stereocenters. The van der Waals surface area contributed by atoms with Crippen LogP contribution in [-0.4, -0.2) is 29.7 Å². The van der Waals surface area contributed by atoms with Crippen molar-refractivity contribution in [1.29, 1.82) is 5.26 Å². The molecule has 1 aromatic heterocycles. The lowest BCUT2D eigenvalue weighted by Gasteiger charge is -2.26. The molecule has 2 aromatic carbocycles. The number of aromatic hydroxyl groups is 2. The molecule has 1 fully saturated rings. The van der Waals surface area contributed by atoms with Crippen LogP contribution in [0.5, 0.6) is 11.8 Å². The van der Waals surface area contributed by atoms with Gasteiger partial charge in [-0.2, -0.15) is 18.4 Å². The third-order valence-electron chi connectivity index (χ3n) is 7.09. The van der Waals surface area contributed by atoms with Gasteiger partial charge in [0.15, 0.2) is 0 Å². The molecule has 0 spiro atoms. The van der Waals surface area contributed by atoms with Crippen molar-refractivity contribution in [1.82, 2.24) is 9.29 Å². The molecule has 1 saturated heterocycles. The van der Waals surface area contributed by atoms with Gasteiger partial charge < -0.3 is 14.9 Å². The van der Waals surface area contributed by atoms with Gasteiger partial charge in [-0.05, 0) is 56.5 Å². The molecule has 2 aliphatic rings. The lowest BCUT2D eigenvalue weighted by Crippen LogP contribution is -2.32. The van der Waals surface area contributed by atoms with Crippen molar-refractivity contribution in [2.75, 3.05) is 6.54 Å².